The van der Waals surface area contributed by atoms with E-state index in [2.05, 4.69) is 15.0 Å². The highest BCUT2D eigenvalue weighted by atomic mass is 32.2. The average molecular weight is 604 g/mol. The predicted octanol–water partition coefficient (Wildman–Crippen LogP) is 3.43. The van der Waals surface area contributed by atoms with Gasteiger partial charge in [-0.25, -0.2) is 13.4 Å². The van der Waals surface area contributed by atoms with Crippen molar-refractivity contribution >= 4 is 49.1 Å². The van der Waals surface area contributed by atoms with Crippen LogP contribution in [0.4, 0.5) is 5.13 Å². The fourth-order valence-electron chi connectivity index (χ4n) is 5.94. The first-order chi connectivity index (χ1) is 20.3. The summed E-state index contributed by atoms with van der Waals surface area (Å²) in [4.78, 5) is 34.6. The van der Waals surface area contributed by atoms with Gasteiger partial charge in [-0.3, -0.25) is 9.59 Å². The van der Waals surface area contributed by atoms with Crippen LogP contribution in [0.3, 0.4) is 0 Å². The van der Waals surface area contributed by atoms with Crippen LogP contribution in [0.25, 0.3) is 10.8 Å². The molecule has 3 atom stereocenters. The van der Waals surface area contributed by atoms with E-state index in [1.54, 1.807) is 23.1 Å². The van der Waals surface area contributed by atoms with Crippen LogP contribution >= 0.6 is 11.3 Å². The smallest absolute Gasteiger partial charge is 0.243 e. The number of aryl methyl sites for hydroxylation is 1. The number of benzene rings is 3. The molecule has 2 aliphatic rings. The van der Waals surface area contributed by atoms with Gasteiger partial charge in [-0.2, -0.15) is 4.72 Å². The lowest BCUT2D eigenvalue weighted by molar-refractivity contribution is -0.140. The van der Waals surface area contributed by atoms with Gasteiger partial charge in [0, 0.05) is 23.9 Å². The Hall–Kier alpha value is -3.80. The van der Waals surface area contributed by atoms with E-state index in [1.807, 2.05) is 54.6 Å². The normalized spacial score (nSPS) is 19.4. The van der Waals surface area contributed by atoms with Crippen molar-refractivity contribution in [1.29, 1.82) is 0 Å². The summed E-state index contributed by atoms with van der Waals surface area (Å²) in [6, 6.07) is 19.9. The number of sulfonamides is 1. The summed E-state index contributed by atoms with van der Waals surface area (Å²) in [6.45, 7) is 0.389. The van der Waals surface area contributed by atoms with Crippen molar-refractivity contribution in [3.05, 3.63) is 88.9 Å². The SMILES string of the molecule is Nc1nc2c(s1)CC(NC(=O)[C@@H]1CCCN1C(=O)[C@@H](Cc1ccccc1)NS(=O)(=O)c1ccc3ccccc3c1)CC2. The first kappa shape index (κ1) is 28.3. The summed E-state index contributed by atoms with van der Waals surface area (Å²) in [7, 11) is -4.05. The van der Waals surface area contributed by atoms with E-state index in [4.69, 9.17) is 5.73 Å². The van der Waals surface area contributed by atoms with Gasteiger partial charge < -0.3 is 16.0 Å². The summed E-state index contributed by atoms with van der Waals surface area (Å²) in [5.41, 5.74) is 7.69. The highest BCUT2D eigenvalue weighted by molar-refractivity contribution is 7.89. The van der Waals surface area contributed by atoms with Crippen molar-refractivity contribution in [3.8, 4) is 0 Å². The number of nitrogens with zero attached hydrogens (tertiary/aromatic N) is 2. The molecule has 1 unspecified atom stereocenters. The minimum atomic E-state index is -4.05. The number of hydrogen-bond donors (Lipinski definition) is 3. The van der Waals surface area contributed by atoms with Gasteiger partial charge in [-0.05, 0) is 60.6 Å². The number of thiazole rings is 1. The van der Waals surface area contributed by atoms with Crippen LogP contribution in [-0.4, -0.2) is 54.8 Å². The molecule has 0 radical (unpaired) electrons. The van der Waals surface area contributed by atoms with Crippen molar-refractivity contribution in [2.24, 2.45) is 0 Å². The number of nitrogens with two attached hydrogens (primary N) is 1. The molecule has 218 valence electrons. The lowest BCUT2D eigenvalue weighted by Gasteiger charge is -2.30. The van der Waals surface area contributed by atoms with E-state index in [0.717, 1.165) is 39.7 Å². The molecule has 4 N–H and O–H groups in total. The van der Waals surface area contributed by atoms with E-state index in [-0.39, 0.29) is 23.3 Å². The largest absolute Gasteiger partial charge is 0.375 e. The van der Waals surface area contributed by atoms with Gasteiger partial charge in [0.15, 0.2) is 5.13 Å². The molecule has 0 spiro atoms. The van der Waals surface area contributed by atoms with Gasteiger partial charge in [0.05, 0.1) is 10.6 Å². The van der Waals surface area contributed by atoms with Crippen LogP contribution in [0.2, 0.25) is 0 Å². The molecule has 1 aliphatic heterocycles. The second kappa shape index (κ2) is 11.8. The first-order valence-corrected chi connectivity index (χ1v) is 16.5. The van der Waals surface area contributed by atoms with Gasteiger partial charge >= 0.3 is 0 Å². The average Bonchev–Trinajstić information content (AvgIpc) is 3.63. The molecular formula is C31H33N5O4S2. The van der Waals surface area contributed by atoms with Crippen LogP contribution in [0.1, 0.15) is 35.4 Å². The van der Waals surface area contributed by atoms with Gasteiger partial charge in [0.2, 0.25) is 21.8 Å². The molecule has 2 heterocycles. The fraction of sp³-hybridized carbons (Fsp3) is 0.323. The Morgan fingerprint density at radius 3 is 2.60 bits per heavy atom. The van der Waals surface area contributed by atoms with Gasteiger partial charge in [-0.15, -0.1) is 11.3 Å². The Labute approximate surface area is 249 Å². The van der Waals surface area contributed by atoms with Crippen molar-refractivity contribution in [3.63, 3.8) is 0 Å². The molecule has 0 saturated carbocycles. The highest BCUT2D eigenvalue weighted by Gasteiger charge is 2.39. The second-order valence-electron chi connectivity index (χ2n) is 10.9. The zero-order valence-corrected chi connectivity index (χ0v) is 24.7. The van der Waals surface area contributed by atoms with E-state index >= 15 is 0 Å². The fourth-order valence-corrected chi connectivity index (χ4v) is 8.12. The number of fused-ring (bicyclic) bond motifs is 2. The molecule has 42 heavy (non-hydrogen) atoms. The molecule has 11 heteroatoms. The van der Waals surface area contributed by atoms with Gasteiger partial charge in [-0.1, -0.05) is 60.7 Å². The number of carbonyl (C=O) groups is 2. The summed E-state index contributed by atoms with van der Waals surface area (Å²) < 4.78 is 29.9. The minimum Gasteiger partial charge on any atom is -0.375 e. The molecule has 1 fully saturated rings. The van der Waals surface area contributed by atoms with Gasteiger partial charge in [0.25, 0.3) is 0 Å². The molecule has 1 aliphatic carbocycles. The quantitative estimate of drug-likeness (QED) is 0.283. The second-order valence-corrected chi connectivity index (χ2v) is 13.8. The molecule has 2 amide bonds. The molecule has 6 rings (SSSR count). The molecule has 0 bridgehead atoms. The minimum absolute atomic E-state index is 0.0612. The number of likely N-dealkylation sites (tertiary alicyclic amines) is 1. The summed E-state index contributed by atoms with van der Waals surface area (Å²) in [5.74, 6) is -0.607. The van der Waals surface area contributed by atoms with Crippen LogP contribution in [0.5, 0.6) is 0 Å². The third-order valence-electron chi connectivity index (χ3n) is 8.05. The lowest BCUT2D eigenvalue weighted by atomic mass is 9.97. The van der Waals surface area contributed by atoms with E-state index in [9.17, 15) is 18.0 Å². The topological polar surface area (TPSA) is 134 Å². The lowest BCUT2D eigenvalue weighted by Crippen LogP contribution is -2.55. The van der Waals surface area contributed by atoms with Crippen LogP contribution in [-0.2, 0) is 38.9 Å². The Morgan fingerprint density at radius 2 is 1.79 bits per heavy atom. The van der Waals surface area contributed by atoms with Gasteiger partial charge in [0.1, 0.15) is 12.1 Å². The molecular weight excluding hydrogens is 571 g/mol. The number of hydrogen-bond acceptors (Lipinski definition) is 7. The maximum atomic E-state index is 14.0. The van der Waals surface area contributed by atoms with Crippen molar-refractivity contribution in [1.82, 2.24) is 19.9 Å². The van der Waals surface area contributed by atoms with Crippen molar-refractivity contribution in [2.75, 3.05) is 12.3 Å². The zero-order valence-electron chi connectivity index (χ0n) is 23.0. The summed E-state index contributed by atoms with van der Waals surface area (Å²) in [6.07, 6.45) is 3.52. The standard InChI is InChI=1S/C31H33N5O4S2/c32-31-34-25-15-13-23(19-28(25)41-31)33-29(37)27-11-6-16-36(27)30(38)26(17-20-7-2-1-3-8-20)35-42(39,40)24-14-12-21-9-4-5-10-22(21)18-24/h1-5,7-10,12,14,18,23,26-27,35H,6,11,13,15-17,19H2,(H2,32,34)(H,33,37)/t23?,26-,27+/m1/s1. The molecule has 1 aromatic heterocycles. The van der Waals surface area contributed by atoms with Crippen molar-refractivity contribution < 1.29 is 18.0 Å². The number of nitrogen functional groups attached to an aromatic ring is 1. The van der Waals surface area contributed by atoms with Crippen LogP contribution in [0, 0.1) is 0 Å². The zero-order chi connectivity index (χ0) is 29.3. The molecule has 9 nitrogen and oxygen atoms in total. The number of nitrogens with one attached hydrogen (secondary N) is 2. The van der Waals surface area contributed by atoms with E-state index < -0.39 is 28.0 Å². The highest BCUT2D eigenvalue weighted by Crippen LogP contribution is 2.29. The summed E-state index contributed by atoms with van der Waals surface area (Å²) >= 11 is 1.45. The Kier molecular flexibility index (Phi) is 7.98. The maximum absolute atomic E-state index is 14.0. The van der Waals surface area contributed by atoms with E-state index in [0.29, 0.717) is 30.9 Å². The molecule has 3 aromatic carbocycles. The number of carbonyl (C=O) groups excluding carboxylic acids is 2. The number of rotatable bonds is 8. The Bertz CT molecular complexity index is 1720. The monoisotopic (exact) mass is 603 g/mol. The third-order valence-corrected chi connectivity index (χ3v) is 10.5. The predicted molar refractivity (Wildman–Crippen MR) is 163 cm³/mol. The Balaban J connectivity index is 1.21. The van der Waals surface area contributed by atoms with Crippen LogP contribution in [0.15, 0.2) is 77.7 Å². The molecule has 4 aromatic rings. The van der Waals surface area contributed by atoms with Crippen molar-refractivity contribution in [2.45, 2.75) is 61.5 Å². The third kappa shape index (κ3) is 6.04. The Morgan fingerprint density at radius 1 is 1.02 bits per heavy atom. The number of amides is 2. The first-order valence-electron chi connectivity index (χ1n) is 14.2. The van der Waals surface area contributed by atoms with E-state index in [1.165, 1.54) is 11.3 Å². The number of anilines is 1. The number of aromatic nitrogens is 1. The summed E-state index contributed by atoms with van der Waals surface area (Å²) in [5, 5.41) is 5.39. The molecule has 1 saturated heterocycles. The maximum Gasteiger partial charge on any atom is 0.243 e. The van der Waals surface area contributed by atoms with Crippen LogP contribution < -0.4 is 15.8 Å².